The summed E-state index contributed by atoms with van der Waals surface area (Å²) in [5, 5.41) is 5.14. The monoisotopic (exact) mass is 527 g/mol. The Morgan fingerprint density at radius 1 is 1.06 bits per heavy atom. The first-order valence-electron chi connectivity index (χ1n) is 10.1. The Labute approximate surface area is 202 Å². The van der Waals surface area contributed by atoms with Crippen molar-refractivity contribution in [3.05, 3.63) is 102 Å². The number of benzene rings is 3. The Morgan fingerprint density at radius 3 is 2.55 bits per heavy atom. The number of para-hydroxylation sites is 1. The lowest BCUT2D eigenvalue weighted by Crippen LogP contribution is -2.32. The molecule has 9 heteroatoms. The van der Waals surface area contributed by atoms with Gasteiger partial charge in [-0.2, -0.15) is 5.10 Å². The second-order valence-electron chi connectivity index (χ2n) is 7.01. The lowest BCUT2D eigenvalue weighted by Gasteiger charge is -2.14. The van der Waals surface area contributed by atoms with E-state index in [0.29, 0.717) is 50.7 Å². The third-order valence-corrected chi connectivity index (χ3v) is 5.71. The molecule has 168 valence electrons. The summed E-state index contributed by atoms with van der Waals surface area (Å²) in [6, 6.07) is 17.6. The van der Waals surface area contributed by atoms with Crippen LogP contribution < -0.4 is 20.7 Å². The van der Waals surface area contributed by atoms with Crippen molar-refractivity contribution in [2.45, 2.75) is 13.5 Å². The second kappa shape index (κ2) is 10.1. The number of H-pyrrole nitrogens is 1. The highest BCUT2D eigenvalue weighted by atomic mass is 79.9. The van der Waals surface area contributed by atoms with Gasteiger partial charge in [0.1, 0.15) is 6.61 Å². The molecular formula is C24H19BrClN3O4. The molecular weight excluding hydrogens is 510 g/mol. The van der Waals surface area contributed by atoms with Crippen LogP contribution in [0.25, 0.3) is 10.9 Å². The fourth-order valence-corrected chi connectivity index (χ4v) is 3.70. The van der Waals surface area contributed by atoms with Crippen molar-refractivity contribution in [3.8, 4) is 11.5 Å². The highest BCUT2D eigenvalue weighted by Crippen LogP contribution is 2.34. The number of ether oxygens (including phenoxy) is 2. The Morgan fingerprint density at radius 2 is 1.79 bits per heavy atom. The zero-order chi connectivity index (χ0) is 23.4. The number of hydrogen-bond acceptors (Lipinski definition) is 5. The van der Waals surface area contributed by atoms with Crippen molar-refractivity contribution in [1.29, 1.82) is 0 Å². The predicted molar refractivity (Wildman–Crippen MR) is 133 cm³/mol. The van der Waals surface area contributed by atoms with E-state index in [-0.39, 0.29) is 0 Å². The van der Waals surface area contributed by atoms with Crippen molar-refractivity contribution < 1.29 is 9.47 Å². The molecule has 1 N–H and O–H groups in total. The van der Waals surface area contributed by atoms with Gasteiger partial charge in [0, 0.05) is 15.1 Å². The molecule has 0 aliphatic carbocycles. The second-order valence-corrected chi connectivity index (χ2v) is 8.30. The number of nitrogens with one attached hydrogen (secondary N) is 1. The van der Waals surface area contributed by atoms with Crippen LogP contribution in [0.4, 0.5) is 0 Å². The van der Waals surface area contributed by atoms with E-state index >= 15 is 0 Å². The quantitative estimate of drug-likeness (QED) is 0.343. The first-order chi connectivity index (χ1) is 16.0. The number of hydrogen-bond donors (Lipinski definition) is 1. The Bertz CT molecular complexity index is 1450. The molecule has 7 nitrogen and oxygen atoms in total. The van der Waals surface area contributed by atoms with E-state index in [9.17, 15) is 9.59 Å². The van der Waals surface area contributed by atoms with Crippen molar-refractivity contribution in [2.24, 2.45) is 5.10 Å². The smallest absolute Gasteiger partial charge is 0.349 e. The molecule has 0 atom stereocenters. The Hall–Kier alpha value is -3.36. The van der Waals surface area contributed by atoms with E-state index in [1.807, 2.05) is 19.1 Å². The lowest BCUT2D eigenvalue weighted by molar-refractivity contribution is 0.269. The molecule has 0 bridgehead atoms. The summed E-state index contributed by atoms with van der Waals surface area (Å²) >= 11 is 9.43. The highest BCUT2D eigenvalue weighted by molar-refractivity contribution is 9.10. The van der Waals surface area contributed by atoms with Crippen LogP contribution in [0.3, 0.4) is 0 Å². The number of nitrogens with zero attached hydrogens (tertiary/aromatic N) is 2. The minimum atomic E-state index is -0.626. The SMILES string of the molecule is CCOc1cc(C=Nn2c(=O)[nH]c3ccccc3c2=O)c(Br)cc1OCc1ccc(Cl)cc1. The molecule has 0 saturated heterocycles. The fraction of sp³-hybridized carbons (Fsp3) is 0.125. The number of rotatable bonds is 7. The maximum atomic E-state index is 12.7. The molecule has 0 spiro atoms. The molecule has 4 aromatic rings. The van der Waals surface area contributed by atoms with E-state index in [0.717, 1.165) is 10.2 Å². The van der Waals surface area contributed by atoms with E-state index < -0.39 is 11.2 Å². The minimum absolute atomic E-state index is 0.332. The summed E-state index contributed by atoms with van der Waals surface area (Å²) in [7, 11) is 0. The summed E-state index contributed by atoms with van der Waals surface area (Å²) in [4.78, 5) is 27.7. The van der Waals surface area contributed by atoms with Crippen molar-refractivity contribution in [2.75, 3.05) is 6.61 Å². The van der Waals surface area contributed by atoms with Crippen LogP contribution >= 0.6 is 27.5 Å². The van der Waals surface area contributed by atoms with Gasteiger partial charge in [0.05, 0.1) is 23.7 Å². The maximum Gasteiger partial charge on any atom is 0.349 e. The molecule has 0 aliphatic heterocycles. The van der Waals surface area contributed by atoms with Gasteiger partial charge in [-0.15, -0.1) is 4.68 Å². The van der Waals surface area contributed by atoms with Crippen LogP contribution in [0.5, 0.6) is 11.5 Å². The van der Waals surface area contributed by atoms with Gasteiger partial charge in [0.15, 0.2) is 11.5 Å². The van der Waals surface area contributed by atoms with Gasteiger partial charge in [-0.1, -0.05) is 35.9 Å². The van der Waals surface area contributed by atoms with Crippen LogP contribution in [0, 0.1) is 0 Å². The summed E-state index contributed by atoms with van der Waals surface area (Å²) < 4.78 is 13.1. The van der Waals surface area contributed by atoms with Crippen LogP contribution in [0.1, 0.15) is 18.1 Å². The zero-order valence-corrected chi connectivity index (χ0v) is 19.9. The molecule has 0 amide bonds. The summed E-state index contributed by atoms with van der Waals surface area (Å²) in [6.07, 6.45) is 1.42. The van der Waals surface area contributed by atoms with Crippen LogP contribution in [-0.4, -0.2) is 22.5 Å². The van der Waals surface area contributed by atoms with E-state index in [1.54, 1.807) is 48.5 Å². The van der Waals surface area contributed by atoms with Crippen LogP contribution in [0.15, 0.2) is 79.8 Å². The van der Waals surface area contributed by atoms with Gasteiger partial charge in [-0.05, 0) is 64.8 Å². The highest BCUT2D eigenvalue weighted by Gasteiger charge is 2.12. The van der Waals surface area contributed by atoms with Gasteiger partial charge in [-0.25, -0.2) is 4.79 Å². The van der Waals surface area contributed by atoms with Crippen molar-refractivity contribution in [1.82, 2.24) is 9.66 Å². The third kappa shape index (κ3) is 5.18. The Kier molecular flexibility index (Phi) is 6.96. The minimum Gasteiger partial charge on any atom is -0.490 e. The van der Waals surface area contributed by atoms with E-state index in [1.165, 1.54) is 6.21 Å². The maximum absolute atomic E-state index is 12.7. The molecule has 0 saturated carbocycles. The van der Waals surface area contributed by atoms with Gasteiger partial charge in [-0.3, -0.25) is 4.79 Å². The average molecular weight is 529 g/mol. The molecule has 0 unspecified atom stereocenters. The van der Waals surface area contributed by atoms with Gasteiger partial charge in [0.25, 0.3) is 5.56 Å². The molecule has 4 rings (SSSR count). The summed E-state index contributed by atoms with van der Waals surface area (Å²) in [5.74, 6) is 1.05. The van der Waals surface area contributed by atoms with Crippen molar-refractivity contribution in [3.63, 3.8) is 0 Å². The first-order valence-corrected chi connectivity index (χ1v) is 11.3. The van der Waals surface area contributed by atoms with E-state index in [2.05, 4.69) is 26.0 Å². The average Bonchev–Trinajstić information content (AvgIpc) is 2.80. The van der Waals surface area contributed by atoms with Gasteiger partial charge in [0.2, 0.25) is 0 Å². The fourth-order valence-electron chi connectivity index (χ4n) is 3.15. The molecule has 0 fully saturated rings. The topological polar surface area (TPSA) is 85.7 Å². The summed E-state index contributed by atoms with van der Waals surface area (Å²) in [6.45, 7) is 2.63. The zero-order valence-electron chi connectivity index (χ0n) is 17.5. The van der Waals surface area contributed by atoms with Gasteiger partial charge < -0.3 is 14.5 Å². The number of fused-ring (bicyclic) bond motifs is 1. The third-order valence-electron chi connectivity index (χ3n) is 4.77. The van der Waals surface area contributed by atoms with Crippen molar-refractivity contribution >= 4 is 44.6 Å². The van der Waals surface area contributed by atoms with E-state index in [4.69, 9.17) is 21.1 Å². The standard InChI is InChI=1S/C24H19BrClN3O4/c1-2-32-21-11-16(19(25)12-22(21)33-14-15-7-9-17(26)10-8-15)13-27-29-23(30)18-5-3-4-6-20(18)28-24(29)31/h3-13H,2,14H2,1H3,(H,28,31). The molecule has 1 heterocycles. The molecule has 0 aliphatic rings. The molecule has 3 aromatic carbocycles. The normalized spacial score (nSPS) is 11.2. The Balaban J connectivity index is 1.64. The molecule has 0 radical (unpaired) electrons. The molecule has 1 aromatic heterocycles. The number of aromatic amines is 1. The number of halogens is 2. The van der Waals surface area contributed by atoms with Crippen LogP contribution in [-0.2, 0) is 6.61 Å². The lowest BCUT2D eigenvalue weighted by atomic mass is 10.2. The first kappa shape index (κ1) is 22.8. The largest absolute Gasteiger partial charge is 0.490 e. The van der Waals surface area contributed by atoms with Gasteiger partial charge >= 0.3 is 5.69 Å². The summed E-state index contributed by atoms with van der Waals surface area (Å²) in [5.41, 5.74) is 0.893. The molecule has 33 heavy (non-hydrogen) atoms. The number of aromatic nitrogens is 2. The predicted octanol–water partition coefficient (Wildman–Crippen LogP) is 4.97. The van der Waals surface area contributed by atoms with Crippen LogP contribution in [0.2, 0.25) is 5.02 Å².